The minimum atomic E-state index is -1.17. The molecule has 1 aromatic heterocycles. The summed E-state index contributed by atoms with van der Waals surface area (Å²) in [5, 5.41) is 14.8. The van der Waals surface area contributed by atoms with Gasteiger partial charge in [-0.25, -0.2) is 14.8 Å². The lowest BCUT2D eigenvalue weighted by Crippen LogP contribution is -2.45. The van der Waals surface area contributed by atoms with E-state index < -0.39 is 18.0 Å². The maximum absolute atomic E-state index is 12.1. The second-order valence-electron chi connectivity index (χ2n) is 7.74. The van der Waals surface area contributed by atoms with Crippen molar-refractivity contribution < 1.29 is 19.5 Å². The van der Waals surface area contributed by atoms with Crippen LogP contribution in [-0.4, -0.2) is 71.6 Å². The molecular weight excluding hydrogens is 426 g/mol. The number of benzene rings is 1. The Labute approximate surface area is 193 Å². The maximum Gasteiger partial charge on any atom is 0.407 e. The zero-order chi connectivity index (χ0) is 24.7. The highest BCUT2D eigenvalue weighted by Gasteiger charge is 2.21. The number of hydrogen-bond donors (Lipinski definition) is 4. The Morgan fingerprint density at radius 1 is 1.18 bits per heavy atom. The van der Waals surface area contributed by atoms with Gasteiger partial charge in [-0.15, -0.1) is 0 Å². The van der Waals surface area contributed by atoms with Crippen LogP contribution in [-0.2, 0) is 17.6 Å². The standard InChI is InChI=1S/C22H31N7O4/c1-6-16-20(28(3)4)27-19(17(26-16)18(23)30)25-15-9-7-8-14(12-15)10-11-24-21(31)13(2)29(5)22(32)33/h7-9,12-13H,6,10-11H2,1-5H3,(H2,23,30)(H,24,31)(H,25,27)(H,32,33). The van der Waals surface area contributed by atoms with E-state index in [1.807, 2.05) is 50.2 Å². The third-order valence-electron chi connectivity index (χ3n) is 5.10. The van der Waals surface area contributed by atoms with Crippen LogP contribution < -0.4 is 21.3 Å². The summed E-state index contributed by atoms with van der Waals surface area (Å²) in [6.07, 6.45) is -0.0424. The Balaban J connectivity index is 2.14. The number of rotatable bonds is 10. The van der Waals surface area contributed by atoms with Crippen molar-refractivity contribution in [3.05, 3.63) is 41.2 Å². The molecular formula is C22H31N7O4. The molecule has 5 N–H and O–H groups in total. The molecule has 1 aromatic carbocycles. The Morgan fingerprint density at radius 3 is 2.45 bits per heavy atom. The molecule has 2 aromatic rings. The van der Waals surface area contributed by atoms with Crippen molar-refractivity contribution in [2.75, 3.05) is 37.9 Å². The largest absolute Gasteiger partial charge is 0.465 e. The summed E-state index contributed by atoms with van der Waals surface area (Å²) in [5.41, 5.74) is 7.87. The van der Waals surface area contributed by atoms with Crippen molar-refractivity contribution in [1.82, 2.24) is 20.2 Å². The molecule has 1 unspecified atom stereocenters. The molecule has 1 heterocycles. The molecule has 0 radical (unpaired) electrons. The van der Waals surface area contributed by atoms with Crippen LogP contribution in [0.25, 0.3) is 0 Å². The number of carbonyl (C=O) groups excluding carboxylic acids is 2. The van der Waals surface area contributed by atoms with Crippen LogP contribution in [0.4, 0.5) is 22.1 Å². The van der Waals surface area contributed by atoms with E-state index in [1.165, 1.54) is 14.0 Å². The number of hydrogen-bond acceptors (Lipinski definition) is 7. The topological polar surface area (TPSA) is 154 Å². The van der Waals surface area contributed by atoms with Crippen LogP contribution in [0.1, 0.15) is 35.6 Å². The first-order chi connectivity index (χ1) is 15.5. The van der Waals surface area contributed by atoms with Gasteiger partial charge in [0, 0.05) is 33.4 Å². The summed E-state index contributed by atoms with van der Waals surface area (Å²) < 4.78 is 0. The average molecular weight is 458 g/mol. The molecule has 2 rings (SSSR count). The molecule has 11 nitrogen and oxygen atoms in total. The first-order valence-corrected chi connectivity index (χ1v) is 10.5. The summed E-state index contributed by atoms with van der Waals surface area (Å²) in [4.78, 5) is 46.8. The number of primary amides is 1. The fraction of sp³-hybridized carbons (Fsp3) is 0.409. The highest BCUT2D eigenvalue weighted by molar-refractivity contribution is 5.96. The molecule has 0 saturated heterocycles. The number of aryl methyl sites for hydroxylation is 1. The molecule has 0 bridgehead atoms. The molecule has 0 saturated carbocycles. The van der Waals surface area contributed by atoms with E-state index in [-0.39, 0.29) is 17.4 Å². The Morgan fingerprint density at radius 2 is 1.88 bits per heavy atom. The van der Waals surface area contributed by atoms with Crippen LogP contribution >= 0.6 is 0 Å². The summed E-state index contributed by atoms with van der Waals surface area (Å²) in [7, 11) is 5.04. The van der Waals surface area contributed by atoms with E-state index in [2.05, 4.69) is 20.6 Å². The number of nitrogens with one attached hydrogen (secondary N) is 2. The maximum atomic E-state index is 12.1. The summed E-state index contributed by atoms with van der Waals surface area (Å²) in [6, 6.07) is 6.63. The number of amides is 3. The minimum Gasteiger partial charge on any atom is -0.465 e. The molecule has 0 aliphatic heterocycles. The normalized spacial score (nSPS) is 11.4. The van der Waals surface area contributed by atoms with Crippen molar-refractivity contribution in [1.29, 1.82) is 0 Å². The van der Waals surface area contributed by atoms with Crippen molar-refractivity contribution in [2.45, 2.75) is 32.7 Å². The lowest BCUT2D eigenvalue weighted by molar-refractivity contribution is -0.124. The van der Waals surface area contributed by atoms with Gasteiger partial charge in [-0.3, -0.25) is 14.5 Å². The highest BCUT2D eigenvalue weighted by atomic mass is 16.4. The second-order valence-corrected chi connectivity index (χ2v) is 7.74. The van der Waals surface area contributed by atoms with E-state index in [9.17, 15) is 14.4 Å². The van der Waals surface area contributed by atoms with Gasteiger partial charge in [-0.2, -0.15) is 0 Å². The van der Waals surface area contributed by atoms with E-state index in [0.29, 0.717) is 36.6 Å². The monoisotopic (exact) mass is 457 g/mol. The first kappa shape index (κ1) is 25.4. The van der Waals surface area contributed by atoms with Gasteiger partial charge >= 0.3 is 6.09 Å². The van der Waals surface area contributed by atoms with E-state index in [0.717, 1.165) is 10.5 Å². The van der Waals surface area contributed by atoms with Crippen molar-refractivity contribution in [2.24, 2.45) is 5.73 Å². The predicted octanol–water partition coefficient (Wildman–Crippen LogP) is 1.60. The quantitative estimate of drug-likeness (QED) is 0.419. The zero-order valence-electron chi connectivity index (χ0n) is 19.5. The van der Waals surface area contributed by atoms with Crippen LogP contribution in [0, 0.1) is 0 Å². The second kappa shape index (κ2) is 11.1. The zero-order valence-corrected chi connectivity index (χ0v) is 19.5. The van der Waals surface area contributed by atoms with Gasteiger partial charge < -0.3 is 26.4 Å². The molecule has 0 spiro atoms. The van der Waals surface area contributed by atoms with Crippen molar-refractivity contribution in [3.8, 4) is 0 Å². The Bertz CT molecular complexity index is 1030. The number of likely N-dealkylation sites (N-methyl/N-ethyl adjacent to an activating group) is 1. The fourth-order valence-electron chi connectivity index (χ4n) is 3.08. The lowest BCUT2D eigenvalue weighted by Gasteiger charge is -2.21. The molecule has 0 aliphatic rings. The third-order valence-corrected chi connectivity index (χ3v) is 5.10. The van der Waals surface area contributed by atoms with Gasteiger partial charge in [0.05, 0.1) is 5.69 Å². The van der Waals surface area contributed by atoms with Crippen molar-refractivity contribution in [3.63, 3.8) is 0 Å². The summed E-state index contributed by atoms with van der Waals surface area (Å²) >= 11 is 0. The lowest BCUT2D eigenvalue weighted by atomic mass is 10.1. The summed E-state index contributed by atoms with van der Waals surface area (Å²) in [5.74, 6) is -0.143. The van der Waals surface area contributed by atoms with E-state index >= 15 is 0 Å². The fourth-order valence-corrected chi connectivity index (χ4v) is 3.08. The van der Waals surface area contributed by atoms with E-state index in [4.69, 9.17) is 10.8 Å². The number of nitrogens with zero attached hydrogens (tertiary/aromatic N) is 4. The molecule has 11 heteroatoms. The average Bonchev–Trinajstić information content (AvgIpc) is 2.77. The highest BCUT2D eigenvalue weighted by Crippen LogP contribution is 2.24. The molecule has 3 amide bonds. The van der Waals surface area contributed by atoms with Gasteiger partial charge in [0.1, 0.15) is 6.04 Å². The first-order valence-electron chi connectivity index (χ1n) is 10.5. The summed E-state index contributed by atoms with van der Waals surface area (Å²) in [6.45, 7) is 3.79. The minimum absolute atomic E-state index is 0.0617. The third kappa shape index (κ3) is 6.55. The van der Waals surface area contributed by atoms with Gasteiger partial charge in [0.2, 0.25) is 5.91 Å². The molecule has 33 heavy (non-hydrogen) atoms. The van der Waals surface area contributed by atoms with Gasteiger partial charge in [0.25, 0.3) is 5.91 Å². The Hall–Kier alpha value is -3.89. The van der Waals surface area contributed by atoms with E-state index in [1.54, 1.807) is 0 Å². The molecule has 1 atom stereocenters. The molecule has 178 valence electrons. The molecule has 0 aliphatic carbocycles. The van der Waals surface area contributed by atoms with Crippen LogP contribution in [0.5, 0.6) is 0 Å². The predicted molar refractivity (Wildman–Crippen MR) is 126 cm³/mol. The van der Waals surface area contributed by atoms with Crippen LogP contribution in [0.2, 0.25) is 0 Å². The number of anilines is 3. The SMILES string of the molecule is CCc1nc(C(N)=O)c(Nc2cccc(CCNC(=O)C(C)N(C)C(=O)O)c2)nc1N(C)C. The van der Waals surface area contributed by atoms with Crippen LogP contribution in [0.3, 0.4) is 0 Å². The van der Waals surface area contributed by atoms with Gasteiger partial charge in [0.15, 0.2) is 17.3 Å². The van der Waals surface area contributed by atoms with Crippen molar-refractivity contribution >= 4 is 35.2 Å². The van der Waals surface area contributed by atoms with Crippen LogP contribution in [0.15, 0.2) is 24.3 Å². The number of nitrogens with two attached hydrogens (primary N) is 1. The van der Waals surface area contributed by atoms with Gasteiger partial charge in [-0.05, 0) is 37.5 Å². The van der Waals surface area contributed by atoms with Gasteiger partial charge in [-0.1, -0.05) is 19.1 Å². The Kier molecular flexibility index (Phi) is 8.55. The number of aromatic nitrogens is 2. The molecule has 0 fully saturated rings. The number of carbonyl (C=O) groups is 3. The number of carboxylic acid groups (broad SMARTS) is 1. The smallest absolute Gasteiger partial charge is 0.407 e.